The van der Waals surface area contributed by atoms with Crippen molar-refractivity contribution in [1.82, 2.24) is 19.8 Å². The Morgan fingerprint density at radius 1 is 1.25 bits per heavy atom. The summed E-state index contributed by atoms with van der Waals surface area (Å²) in [4.78, 5) is 24.0. The Morgan fingerprint density at radius 2 is 2.03 bits per heavy atom. The van der Waals surface area contributed by atoms with Crippen molar-refractivity contribution in [3.63, 3.8) is 0 Å². The van der Waals surface area contributed by atoms with Crippen molar-refractivity contribution in [1.29, 1.82) is 0 Å². The van der Waals surface area contributed by atoms with Crippen LogP contribution in [0.3, 0.4) is 0 Å². The molecule has 0 aliphatic carbocycles. The first-order chi connectivity index (χ1) is 15.2. The molecule has 0 unspecified atom stereocenters. The van der Waals surface area contributed by atoms with E-state index in [0.29, 0.717) is 17.9 Å². The number of hydrogen-bond donors (Lipinski definition) is 1. The summed E-state index contributed by atoms with van der Waals surface area (Å²) < 4.78 is 19.5. The number of carbonyl (C=O) groups is 1. The third kappa shape index (κ3) is 4.12. The summed E-state index contributed by atoms with van der Waals surface area (Å²) >= 11 is 0. The second-order valence-corrected chi connectivity index (χ2v) is 8.93. The molecule has 0 saturated carbocycles. The highest BCUT2D eigenvalue weighted by Crippen LogP contribution is 2.37. The van der Waals surface area contributed by atoms with E-state index >= 15 is 0 Å². The van der Waals surface area contributed by atoms with Gasteiger partial charge >= 0.3 is 0 Å². The Hall–Kier alpha value is -3.19. The molecule has 1 N–H and O–H groups in total. The third-order valence-corrected chi connectivity index (χ3v) is 6.15. The Bertz CT molecular complexity index is 1200. The highest BCUT2D eigenvalue weighted by atomic mass is 19.1. The zero-order valence-electron chi connectivity index (χ0n) is 19.2. The lowest BCUT2D eigenvalue weighted by Crippen LogP contribution is -2.49. The van der Waals surface area contributed by atoms with Gasteiger partial charge in [0.05, 0.1) is 13.7 Å². The average molecular weight is 437 g/mol. The minimum absolute atomic E-state index is 0.0958. The number of ether oxygens (including phenoxy) is 1. The molecule has 4 rings (SSSR count). The summed E-state index contributed by atoms with van der Waals surface area (Å²) in [6.07, 6.45) is 4.75. The van der Waals surface area contributed by atoms with E-state index < -0.39 is 0 Å². The minimum atomic E-state index is -0.314. The highest BCUT2D eigenvalue weighted by Gasteiger charge is 2.31. The van der Waals surface area contributed by atoms with E-state index in [1.165, 1.54) is 17.7 Å². The average Bonchev–Trinajstić information content (AvgIpc) is 3.19. The largest absolute Gasteiger partial charge is 0.496 e. The fourth-order valence-electron chi connectivity index (χ4n) is 4.26. The molecule has 3 aromatic rings. The van der Waals surface area contributed by atoms with Gasteiger partial charge in [-0.2, -0.15) is 0 Å². The van der Waals surface area contributed by atoms with Crippen LogP contribution in [0.25, 0.3) is 27.7 Å². The van der Waals surface area contributed by atoms with Crippen LogP contribution in [0.4, 0.5) is 4.39 Å². The summed E-state index contributed by atoms with van der Waals surface area (Å²) in [5, 5.41) is 0.912. The van der Waals surface area contributed by atoms with Gasteiger partial charge in [0.25, 0.3) is 0 Å². The van der Waals surface area contributed by atoms with E-state index in [1.54, 1.807) is 38.4 Å². The van der Waals surface area contributed by atoms with Crippen LogP contribution in [0, 0.1) is 5.82 Å². The van der Waals surface area contributed by atoms with Crippen LogP contribution in [0.1, 0.15) is 26.0 Å². The molecule has 1 aliphatic heterocycles. The topological polar surface area (TPSA) is 61.5 Å². The number of nitrogens with one attached hydrogen (secondary N) is 1. The summed E-state index contributed by atoms with van der Waals surface area (Å²) in [6.45, 7) is 5.42. The van der Waals surface area contributed by atoms with Crippen LogP contribution in [-0.2, 0) is 4.79 Å². The van der Waals surface area contributed by atoms with E-state index in [9.17, 15) is 9.18 Å². The minimum Gasteiger partial charge on any atom is -0.496 e. The number of hydrogen-bond acceptors (Lipinski definition) is 4. The summed E-state index contributed by atoms with van der Waals surface area (Å²) in [5.41, 5.74) is 4.20. The molecule has 168 valence electrons. The van der Waals surface area contributed by atoms with Gasteiger partial charge in [0, 0.05) is 49.0 Å². The number of methoxy groups -OCH3 is 1. The van der Waals surface area contributed by atoms with Crippen LogP contribution in [0.15, 0.2) is 42.6 Å². The summed E-state index contributed by atoms with van der Waals surface area (Å²) in [5.74, 6) is 0.393. The maximum Gasteiger partial charge on any atom is 0.236 e. The Kier molecular flexibility index (Phi) is 5.77. The third-order valence-electron chi connectivity index (χ3n) is 6.15. The number of likely N-dealkylation sites (N-methyl/N-ethyl adjacent to an activating group) is 1. The number of fused-ring (bicyclic) bond motifs is 1. The molecule has 0 atom stereocenters. The molecular weight excluding hydrogens is 407 g/mol. The zero-order valence-corrected chi connectivity index (χ0v) is 19.2. The number of benzene rings is 1. The number of carbonyl (C=O) groups excluding carboxylic acids is 1. The number of pyridine rings is 1. The quantitative estimate of drug-likeness (QED) is 0.647. The van der Waals surface area contributed by atoms with Crippen molar-refractivity contribution in [3.05, 3.63) is 54.1 Å². The van der Waals surface area contributed by atoms with Gasteiger partial charge in [0.15, 0.2) is 0 Å². The van der Waals surface area contributed by atoms with Crippen LogP contribution >= 0.6 is 0 Å². The van der Waals surface area contributed by atoms with E-state index in [2.05, 4.69) is 40.9 Å². The predicted molar refractivity (Wildman–Crippen MR) is 125 cm³/mol. The van der Waals surface area contributed by atoms with E-state index in [4.69, 9.17) is 4.74 Å². The molecule has 0 saturated heterocycles. The van der Waals surface area contributed by atoms with Crippen LogP contribution in [0.2, 0.25) is 0 Å². The monoisotopic (exact) mass is 436 g/mol. The fourth-order valence-corrected chi connectivity index (χ4v) is 4.26. The van der Waals surface area contributed by atoms with Gasteiger partial charge in [0.2, 0.25) is 5.91 Å². The lowest BCUT2D eigenvalue weighted by Gasteiger charge is -2.40. The first kappa shape index (κ1) is 22.0. The van der Waals surface area contributed by atoms with Gasteiger partial charge in [-0.25, -0.2) is 9.37 Å². The number of rotatable bonds is 5. The molecule has 3 heterocycles. The second-order valence-electron chi connectivity index (χ2n) is 8.93. The number of H-pyrrole nitrogens is 1. The lowest BCUT2D eigenvalue weighted by atomic mass is 9.90. The van der Waals surface area contributed by atoms with Crippen molar-refractivity contribution < 1.29 is 13.9 Å². The molecule has 0 fully saturated rings. The molecule has 1 amide bonds. The van der Waals surface area contributed by atoms with Crippen molar-refractivity contribution in [2.75, 3.05) is 34.3 Å². The normalized spacial score (nSPS) is 16.1. The number of aromatic amines is 1. The molecule has 0 radical (unpaired) electrons. The maximum atomic E-state index is 14.0. The number of aromatic nitrogens is 2. The summed E-state index contributed by atoms with van der Waals surface area (Å²) in [6, 6.07) is 8.48. The molecule has 32 heavy (non-hydrogen) atoms. The lowest BCUT2D eigenvalue weighted by molar-refractivity contribution is -0.131. The number of halogens is 1. The predicted octanol–water partition coefficient (Wildman–Crippen LogP) is 4.33. The van der Waals surface area contributed by atoms with Crippen molar-refractivity contribution in [3.8, 4) is 16.9 Å². The molecule has 2 aromatic heterocycles. The van der Waals surface area contributed by atoms with Crippen molar-refractivity contribution >= 4 is 22.5 Å². The molecule has 0 bridgehead atoms. The van der Waals surface area contributed by atoms with E-state index in [-0.39, 0.29) is 17.3 Å². The molecule has 0 spiro atoms. The molecule has 6 nitrogen and oxygen atoms in total. The Labute approximate surface area is 187 Å². The Balaban J connectivity index is 1.72. The molecular formula is C25H29FN4O2. The number of nitrogens with zero attached hydrogens (tertiary/aromatic N) is 3. The SMILES string of the molecule is COc1ccc(F)cc1-c1ccnc2[nH]c(C3=CC(C)(C)N(CC(=O)N(C)C)CC3)cc12. The van der Waals surface area contributed by atoms with Crippen LogP contribution in [-0.4, -0.2) is 65.5 Å². The van der Waals surface area contributed by atoms with E-state index in [0.717, 1.165) is 35.3 Å². The van der Waals surface area contributed by atoms with Gasteiger partial charge in [-0.1, -0.05) is 6.08 Å². The van der Waals surface area contributed by atoms with Gasteiger partial charge in [-0.15, -0.1) is 0 Å². The van der Waals surface area contributed by atoms with Crippen molar-refractivity contribution in [2.24, 2.45) is 0 Å². The maximum absolute atomic E-state index is 14.0. The second kappa shape index (κ2) is 8.39. The standard InChI is InChI=1S/C25H29FN4O2/c1-25(2)14-16(9-11-30(25)15-23(31)29(3)4)21-13-20-18(8-10-27-24(20)28-21)19-12-17(26)6-7-22(19)32-5/h6-8,10,12-14H,9,11,15H2,1-5H3,(H,27,28). The zero-order chi connectivity index (χ0) is 23.0. The van der Waals surface area contributed by atoms with E-state index in [1.807, 2.05) is 6.07 Å². The van der Waals surface area contributed by atoms with Gasteiger partial charge < -0.3 is 14.6 Å². The van der Waals surface area contributed by atoms with Crippen LogP contribution < -0.4 is 4.74 Å². The Morgan fingerprint density at radius 3 is 2.72 bits per heavy atom. The van der Waals surface area contributed by atoms with Crippen LogP contribution in [0.5, 0.6) is 5.75 Å². The molecule has 1 aliphatic rings. The van der Waals surface area contributed by atoms with Crippen molar-refractivity contribution in [2.45, 2.75) is 25.8 Å². The summed E-state index contributed by atoms with van der Waals surface area (Å²) in [7, 11) is 5.14. The van der Waals surface area contributed by atoms with Gasteiger partial charge in [-0.05, 0) is 61.7 Å². The molecule has 1 aromatic carbocycles. The number of amides is 1. The first-order valence-corrected chi connectivity index (χ1v) is 10.7. The van der Waals surface area contributed by atoms with Gasteiger partial charge in [0.1, 0.15) is 17.2 Å². The first-order valence-electron chi connectivity index (χ1n) is 10.7. The fraction of sp³-hybridized carbons (Fsp3) is 0.360. The molecule has 7 heteroatoms. The van der Waals surface area contributed by atoms with Gasteiger partial charge in [-0.3, -0.25) is 9.69 Å². The highest BCUT2D eigenvalue weighted by molar-refractivity contribution is 5.96. The smallest absolute Gasteiger partial charge is 0.236 e.